The lowest BCUT2D eigenvalue weighted by Gasteiger charge is -2.04. The van der Waals surface area contributed by atoms with E-state index in [1.165, 1.54) is 0 Å². The largest absolute Gasteiger partial charge is 0.276 e. The maximum Gasteiger partial charge on any atom is 0.211 e. The summed E-state index contributed by atoms with van der Waals surface area (Å²) in [7, 11) is -1.35. The predicted molar refractivity (Wildman–Crippen MR) is 64.0 cm³/mol. The molecule has 0 aliphatic rings. The fourth-order valence-corrected chi connectivity index (χ4v) is 2.62. The molecule has 1 heterocycles. The van der Waals surface area contributed by atoms with E-state index < -0.39 is 10.0 Å². The normalized spacial score (nSPS) is 11.9. The fourth-order valence-electron chi connectivity index (χ4n) is 1.25. The second-order valence-corrected chi connectivity index (χ2v) is 5.79. The highest BCUT2D eigenvalue weighted by atomic mass is 35.5. The number of hydrogen-bond donors (Lipinski definition) is 1. The van der Waals surface area contributed by atoms with Crippen molar-refractivity contribution in [2.45, 2.75) is 12.8 Å². The van der Waals surface area contributed by atoms with Gasteiger partial charge < -0.3 is 0 Å². The molecule has 0 aromatic carbocycles. The zero-order chi connectivity index (χ0) is 12.0. The summed E-state index contributed by atoms with van der Waals surface area (Å²) < 4.78 is 27.0. The van der Waals surface area contributed by atoms with Gasteiger partial charge in [0.25, 0.3) is 0 Å². The summed E-state index contributed by atoms with van der Waals surface area (Å²) >= 11 is 5.44. The van der Waals surface area contributed by atoms with E-state index in [0.717, 1.165) is 5.69 Å². The molecule has 92 valence electrons. The van der Waals surface area contributed by atoms with Gasteiger partial charge in [0.1, 0.15) is 0 Å². The molecule has 5 nitrogen and oxygen atoms in total. The molecular weight excluding hydrogens is 250 g/mol. The average Bonchev–Trinajstić information content (AvgIpc) is 2.61. The molecule has 0 fully saturated rings. The van der Waals surface area contributed by atoms with Crippen molar-refractivity contribution in [3.05, 3.63) is 18.0 Å². The minimum atomic E-state index is -3.18. The standard InChI is InChI=1S/C9H16ClN3O2S/c1-13-7-4-9(12-13)3-6-11-16(14,15)8-2-5-10/h4,7,11H,2-3,5-6,8H2,1H3. The quantitative estimate of drug-likeness (QED) is 0.731. The summed E-state index contributed by atoms with van der Waals surface area (Å²) in [5.41, 5.74) is 0.877. The van der Waals surface area contributed by atoms with Crippen LogP contribution in [0.2, 0.25) is 0 Å². The SMILES string of the molecule is Cn1ccc(CCNS(=O)(=O)CCCCl)n1. The van der Waals surface area contributed by atoms with Crippen molar-refractivity contribution in [3.8, 4) is 0 Å². The van der Waals surface area contributed by atoms with Crippen LogP contribution in [0.4, 0.5) is 0 Å². The van der Waals surface area contributed by atoms with Crippen LogP contribution in [-0.4, -0.2) is 36.4 Å². The highest BCUT2D eigenvalue weighted by Gasteiger charge is 2.08. The molecule has 0 saturated heterocycles. The van der Waals surface area contributed by atoms with Gasteiger partial charge in [-0.05, 0) is 12.5 Å². The fraction of sp³-hybridized carbons (Fsp3) is 0.667. The van der Waals surface area contributed by atoms with E-state index in [1.807, 2.05) is 19.3 Å². The Morgan fingerprint density at radius 2 is 2.31 bits per heavy atom. The van der Waals surface area contributed by atoms with E-state index in [1.54, 1.807) is 4.68 Å². The number of aromatic nitrogens is 2. The zero-order valence-corrected chi connectivity index (χ0v) is 10.8. The van der Waals surface area contributed by atoms with Crippen LogP contribution < -0.4 is 4.72 Å². The number of nitrogens with zero attached hydrogens (tertiary/aromatic N) is 2. The van der Waals surface area contributed by atoms with Crippen molar-refractivity contribution < 1.29 is 8.42 Å². The second kappa shape index (κ2) is 6.22. The van der Waals surface area contributed by atoms with Crippen LogP contribution in [-0.2, 0) is 23.5 Å². The first-order valence-electron chi connectivity index (χ1n) is 5.05. The van der Waals surface area contributed by atoms with Crippen molar-refractivity contribution in [1.82, 2.24) is 14.5 Å². The molecule has 0 aliphatic carbocycles. The Bertz CT molecular complexity index is 416. The lowest BCUT2D eigenvalue weighted by Crippen LogP contribution is -2.28. The lowest BCUT2D eigenvalue weighted by molar-refractivity contribution is 0.579. The first kappa shape index (κ1) is 13.5. The molecule has 16 heavy (non-hydrogen) atoms. The maximum atomic E-state index is 11.4. The molecule has 1 rings (SSSR count). The minimum absolute atomic E-state index is 0.0821. The number of sulfonamides is 1. The van der Waals surface area contributed by atoms with Crippen LogP contribution in [0.5, 0.6) is 0 Å². The van der Waals surface area contributed by atoms with Gasteiger partial charge in [0.05, 0.1) is 11.4 Å². The molecule has 0 radical (unpaired) electrons. The number of rotatable bonds is 7. The predicted octanol–water partition coefficient (Wildman–Crippen LogP) is 0.511. The van der Waals surface area contributed by atoms with Crippen LogP contribution in [0.15, 0.2) is 12.3 Å². The molecule has 7 heteroatoms. The van der Waals surface area contributed by atoms with Gasteiger partial charge in [-0.25, -0.2) is 13.1 Å². The molecule has 0 unspecified atom stereocenters. The highest BCUT2D eigenvalue weighted by Crippen LogP contribution is 1.96. The van der Waals surface area contributed by atoms with Gasteiger partial charge in [0.2, 0.25) is 10.0 Å². The summed E-state index contributed by atoms with van der Waals surface area (Å²) in [6, 6.07) is 1.87. The Morgan fingerprint density at radius 1 is 1.56 bits per heavy atom. The minimum Gasteiger partial charge on any atom is -0.276 e. The smallest absolute Gasteiger partial charge is 0.211 e. The Kier molecular flexibility index (Phi) is 5.24. The number of aryl methyl sites for hydroxylation is 1. The van der Waals surface area contributed by atoms with E-state index in [2.05, 4.69) is 9.82 Å². The van der Waals surface area contributed by atoms with Gasteiger partial charge in [0.15, 0.2) is 0 Å². The molecule has 1 aromatic rings. The summed E-state index contributed by atoms with van der Waals surface area (Å²) in [5, 5.41) is 4.15. The summed E-state index contributed by atoms with van der Waals surface area (Å²) in [6.45, 7) is 0.377. The number of alkyl halides is 1. The molecule has 0 bridgehead atoms. The van der Waals surface area contributed by atoms with Crippen LogP contribution in [0.25, 0.3) is 0 Å². The van der Waals surface area contributed by atoms with E-state index in [0.29, 0.717) is 25.3 Å². The lowest BCUT2D eigenvalue weighted by atomic mass is 10.3. The molecule has 0 spiro atoms. The van der Waals surface area contributed by atoms with Crippen LogP contribution >= 0.6 is 11.6 Å². The molecule has 0 aliphatic heterocycles. The first-order valence-corrected chi connectivity index (χ1v) is 7.24. The molecular formula is C9H16ClN3O2S. The molecule has 1 aromatic heterocycles. The summed E-state index contributed by atoms with van der Waals surface area (Å²) in [6.07, 6.45) is 2.90. The topological polar surface area (TPSA) is 64.0 Å². The molecule has 0 amide bonds. The molecule has 0 atom stereocenters. The summed E-state index contributed by atoms with van der Waals surface area (Å²) in [5.74, 6) is 0.444. The Labute approximate surface area is 101 Å². The van der Waals surface area contributed by atoms with Gasteiger partial charge in [0, 0.05) is 32.1 Å². The van der Waals surface area contributed by atoms with Crippen molar-refractivity contribution in [3.63, 3.8) is 0 Å². The van der Waals surface area contributed by atoms with E-state index >= 15 is 0 Å². The van der Waals surface area contributed by atoms with Crippen LogP contribution in [0, 0.1) is 0 Å². The van der Waals surface area contributed by atoms with E-state index in [-0.39, 0.29) is 5.75 Å². The van der Waals surface area contributed by atoms with Crippen LogP contribution in [0.1, 0.15) is 12.1 Å². The van der Waals surface area contributed by atoms with Crippen molar-refractivity contribution in [2.24, 2.45) is 7.05 Å². The Hall–Kier alpha value is -0.590. The zero-order valence-electron chi connectivity index (χ0n) is 9.19. The summed E-state index contributed by atoms with van der Waals surface area (Å²) in [4.78, 5) is 0. The molecule has 1 N–H and O–H groups in total. The Balaban J connectivity index is 2.29. The maximum absolute atomic E-state index is 11.4. The Morgan fingerprint density at radius 3 is 2.88 bits per heavy atom. The second-order valence-electron chi connectivity index (χ2n) is 3.49. The van der Waals surface area contributed by atoms with Crippen molar-refractivity contribution in [2.75, 3.05) is 18.2 Å². The first-order chi connectivity index (χ1) is 7.53. The third-order valence-corrected chi connectivity index (χ3v) is 3.76. The molecule has 0 saturated carbocycles. The highest BCUT2D eigenvalue weighted by molar-refractivity contribution is 7.89. The third-order valence-electron chi connectivity index (χ3n) is 2.02. The third kappa shape index (κ3) is 4.96. The average molecular weight is 266 g/mol. The number of halogens is 1. The van der Waals surface area contributed by atoms with Crippen LogP contribution in [0.3, 0.4) is 0 Å². The van der Waals surface area contributed by atoms with Gasteiger partial charge in [-0.2, -0.15) is 5.10 Å². The number of nitrogens with one attached hydrogen (secondary N) is 1. The van der Waals surface area contributed by atoms with E-state index in [4.69, 9.17) is 11.6 Å². The van der Waals surface area contributed by atoms with Gasteiger partial charge in [-0.1, -0.05) is 0 Å². The van der Waals surface area contributed by atoms with Gasteiger partial charge in [-0.15, -0.1) is 11.6 Å². The van der Waals surface area contributed by atoms with Crippen molar-refractivity contribution in [1.29, 1.82) is 0 Å². The monoisotopic (exact) mass is 265 g/mol. The number of hydrogen-bond acceptors (Lipinski definition) is 3. The van der Waals surface area contributed by atoms with Crippen molar-refractivity contribution >= 4 is 21.6 Å². The van der Waals surface area contributed by atoms with Gasteiger partial charge >= 0.3 is 0 Å². The van der Waals surface area contributed by atoms with Gasteiger partial charge in [-0.3, -0.25) is 4.68 Å². The van der Waals surface area contributed by atoms with E-state index in [9.17, 15) is 8.42 Å².